The summed E-state index contributed by atoms with van der Waals surface area (Å²) in [6.45, 7) is 2.26. The topological polar surface area (TPSA) is 52.0 Å². The first kappa shape index (κ1) is 6.70. The number of nitrogens with two attached hydrogens (primary N) is 1. The van der Waals surface area contributed by atoms with Gasteiger partial charge in [0.1, 0.15) is 0 Å². The van der Waals surface area contributed by atoms with Gasteiger partial charge < -0.3 is 10.3 Å². The maximum absolute atomic E-state index is 5.39. The Bertz CT molecular complexity index is 263. The number of hydrogen-bond acceptors (Lipinski definition) is 3. The molecule has 0 saturated heterocycles. The first-order valence-corrected chi connectivity index (χ1v) is 3.89. The van der Waals surface area contributed by atoms with Crippen LogP contribution in [-0.2, 0) is 6.42 Å². The van der Waals surface area contributed by atoms with E-state index >= 15 is 0 Å². The molecule has 0 radical (unpaired) electrons. The normalized spacial score (nSPS) is 20.1. The summed E-state index contributed by atoms with van der Waals surface area (Å²) in [7, 11) is 0. The molecule has 1 aromatic heterocycles. The minimum Gasteiger partial charge on any atom is -0.368 e. The van der Waals surface area contributed by atoms with E-state index in [4.69, 9.17) is 10.3 Å². The van der Waals surface area contributed by atoms with Gasteiger partial charge in [0.15, 0.2) is 0 Å². The Balaban J connectivity index is 2.06. The Morgan fingerprint density at radius 1 is 1.73 bits per heavy atom. The Hall–Kier alpha value is -0.990. The maximum atomic E-state index is 5.39. The lowest BCUT2D eigenvalue weighted by Gasteiger charge is -2.01. The van der Waals surface area contributed by atoms with Crippen LogP contribution in [0, 0.1) is 5.41 Å². The van der Waals surface area contributed by atoms with Crippen molar-refractivity contribution in [1.82, 2.24) is 5.16 Å². The molecule has 1 aliphatic rings. The van der Waals surface area contributed by atoms with Gasteiger partial charge in [0.2, 0.25) is 5.88 Å². The van der Waals surface area contributed by atoms with Gasteiger partial charge in [-0.25, -0.2) is 0 Å². The van der Waals surface area contributed by atoms with Crippen LogP contribution in [0.2, 0.25) is 0 Å². The van der Waals surface area contributed by atoms with Crippen molar-refractivity contribution in [2.24, 2.45) is 5.41 Å². The van der Waals surface area contributed by atoms with Crippen LogP contribution < -0.4 is 5.73 Å². The van der Waals surface area contributed by atoms with E-state index in [1.54, 1.807) is 0 Å². The van der Waals surface area contributed by atoms with Crippen molar-refractivity contribution >= 4 is 5.88 Å². The Morgan fingerprint density at radius 2 is 2.45 bits per heavy atom. The van der Waals surface area contributed by atoms with Crippen LogP contribution in [0.1, 0.15) is 25.5 Å². The standard InChI is InChI=1S/C8H12N2O/c1-8(2-3-8)5-6-4-7(9)11-10-6/h4H,2-3,5,9H2,1H3. The van der Waals surface area contributed by atoms with Gasteiger partial charge in [0, 0.05) is 6.07 Å². The van der Waals surface area contributed by atoms with E-state index in [1.807, 2.05) is 6.07 Å². The van der Waals surface area contributed by atoms with Crippen molar-refractivity contribution in [3.8, 4) is 0 Å². The van der Waals surface area contributed by atoms with Crippen LogP contribution in [0.3, 0.4) is 0 Å². The highest BCUT2D eigenvalue weighted by Crippen LogP contribution is 2.47. The second-order valence-electron chi connectivity index (χ2n) is 3.71. The van der Waals surface area contributed by atoms with Crippen LogP contribution in [0.5, 0.6) is 0 Å². The van der Waals surface area contributed by atoms with E-state index in [1.165, 1.54) is 12.8 Å². The summed E-state index contributed by atoms with van der Waals surface area (Å²) in [5, 5.41) is 3.84. The average Bonchev–Trinajstić information content (AvgIpc) is 2.49. The van der Waals surface area contributed by atoms with Gasteiger partial charge in [-0.2, -0.15) is 0 Å². The minimum absolute atomic E-state index is 0.421. The van der Waals surface area contributed by atoms with E-state index in [9.17, 15) is 0 Å². The molecule has 1 aromatic rings. The molecule has 0 aromatic carbocycles. The zero-order valence-corrected chi connectivity index (χ0v) is 6.63. The zero-order chi connectivity index (χ0) is 7.90. The number of nitrogens with zero attached hydrogens (tertiary/aromatic N) is 1. The Kier molecular flexibility index (Phi) is 1.22. The lowest BCUT2D eigenvalue weighted by molar-refractivity contribution is 0.417. The van der Waals surface area contributed by atoms with Crippen LogP contribution in [-0.4, -0.2) is 5.16 Å². The highest BCUT2D eigenvalue weighted by Gasteiger charge is 2.37. The molecule has 0 aliphatic heterocycles. The van der Waals surface area contributed by atoms with Gasteiger partial charge in [0.05, 0.1) is 5.69 Å². The van der Waals surface area contributed by atoms with Crippen molar-refractivity contribution < 1.29 is 4.52 Å². The van der Waals surface area contributed by atoms with Gasteiger partial charge >= 0.3 is 0 Å². The summed E-state index contributed by atoms with van der Waals surface area (Å²) in [6, 6.07) is 1.81. The first-order valence-electron chi connectivity index (χ1n) is 3.89. The fourth-order valence-corrected chi connectivity index (χ4v) is 1.24. The highest BCUT2D eigenvalue weighted by atomic mass is 16.5. The van der Waals surface area contributed by atoms with Crippen molar-refractivity contribution in [3.63, 3.8) is 0 Å². The first-order chi connectivity index (χ1) is 5.18. The molecular weight excluding hydrogens is 140 g/mol. The molecule has 1 aliphatic carbocycles. The number of anilines is 1. The summed E-state index contributed by atoms with van der Waals surface area (Å²) in [5.74, 6) is 0.421. The van der Waals surface area contributed by atoms with E-state index in [0.717, 1.165) is 12.1 Å². The fourth-order valence-electron chi connectivity index (χ4n) is 1.24. The van der Waals surface area contributed by atoms with E-state index < -0.39 is 0 Å². The lowest BCUT2D eigenvalue weighted by Crippen LogP contribution is -1.98. The average molecular weight is 152 g/mol. The monoisotopic (exact) mass is 152 g/mol. The molecule has 3 heteroatoms. The molecule has 0 atom stereocenters. The zero-order valence-electron chi connectivity index (χ0n) is 6.63. The minimum atomic E-state index is 0.421. The molecule has 1 fully saturated rings. The molecular formula is C8H12N2O. The molecule has 1 saturated carbocycles. The summed E-state index contributed by atoms with van der Waals surface area (Å²) in [5.41, 5.74) is 6.87. The summed E-state index contributed by atoms with van der Waals surface area (Å²) >= 11 is 0. The van der Waals surface area contributed by atoms with Gasteiger partial charge in [-0.3, -0.25) is 0 Å². The molecule has 1 heterocycles. The molecule has 3 nitrogen and oxygen atoms in total. The highest BCUT2D eigenvalue weighted by molar-refractivity contribution is 5.25. The van der Waals surface area contributed by atoms with Gasteiger partial charge in [-0.05, 0) is 24.7 Å². The molecule has 11 heavy (non-hydrogen) atoms. The van der Waals surface area contributed by atoms with Gasteiger partial charge in [-0.1, -0.05) is 12.1 Å². The Morgan fingerprint density at radius 3 is 2.91 bits per heavy atom. The molecule has 0 unspecified atom stereocenters. The molecule has 60 valence electrons. The van der Waals surface area contributed by atoms with Crippen molar-refractivity contribution in [2.45, 2.75) is 26.2 Å². The molecule has 0 amide bonds. The molecule has 2 rings (SSSR count). The molecule has 0 bridgehead atoms. The van der Waals surface area contributed by atoms with Crippen molar-refractivity contribution in [1.29, 1.82) is 0 Å². The smallest absolute Gasteiger partial charge is 0.222 e. The number of rotatable bonds is 2. The molecule has 2 N–H and O–H groups in total. The van der Waals surface area contributed by atoms with Crippen LogP contribution in [0.4, 0.5) is 5.88 Å². The van der Waals surface area contributed by atoms with Gasteiger partial charge in [0.25, 0.3) is 0 Å². The predicted octanol–water partition coefficient (Wildman–Crippen LogP) is 1.60. The maximum Gasteiger partial charge on any atom is 0.222 e. The van der Waals surface area contributed by atoms with Crippen LogP contribution in [0.25, 0.3) is 0 Å². The van der Waals surface area contributed by atoms with E-state index in [0.29, 0.717) is 11.3 Å². The molecule has 0 spiro atoms. The number of hydrogen-bond donors (Lipinski definition) is 1. The predicted molar refractivity (Wildman–Crippen MR) is 42.0 cm³/mol. The number of nitrogen functional groups attached to an aromatic ring is 1. The van der Waals surface area contributed by atoms with E-state index in [-0.39, 0.29) is 0 Å². The van der Waals surface area contributed by atoms with Crippen molar-refractivity contribution in [3.05, 3.63) is 11.8 Å². The van der Waals surface area contributed by atoms with Crippen LogP contribution >= 0.6 is 0 Å². The van der Waals surface area contributed by atoms with Crippen LogP contribution in [0.15, 0.2) is 10.6 Å². The Labute approximate surface area is 65.6 Å². The fraction of sp³-hybridized carbons (Fsp3) is 0.625. The largest absolute Gasteiger partial charge is 0.368 e. The third kappa shape index (κ3) is 1.37. The third-order valence-corrected chi connectivity index (χ3v) is 2.29. The third-order valence-electron chi connectivity index (χ3n) is 2.29. The quantitative estimate of drug-likeness (QED) is 0.700. The van der Waals surface area contributed by atoms with E-state index in [2.05, 4.69) is 12.1 Å². The summed E-state index contributed by atoms with van der Waals surface area (Å²) in [6.07, 6.45) is 3.62. The SMILES string of the molecule is CC1(Cc2cc(N)on2)CC1. The second-order valence-corrected chi connectivity index (χ2v) is 3.71. The van der Waals surface area contributed by atoms with Crippen molar-refractivity contribution in [2.75, 3.05) is 5.73 Å². The summed E-state index contributed by atoms with van der Waals surface area (Å²) < 4.78 is 4.77. The number of aromatic nitrogens is 1. The second kappa shape index (κ2) is 2.00. The summed E-state index contributed by atoms with van der Waals surface area (Å²) in [4.78, 5) is 0. The lowest BCUT2D eigenvalue weighted by atomic mass is 10.0. The van der Waals surface area contributed by atoms with Gasteiger partial charge in [-0.15, -0.1) is 0 Å².